The zero-order valence-electron chi connectivity index (χ0n) is 15.0. The van der Waals surface area contributed by atoms with Crippen LogP contribution in [0.4, 0.5) is 4.39 Å². The van der Waals surface area contributed by atoms with Gasteiger partial charge in [-0.1, -0.05) is 5.16 Å². The number of hydrogen-bond donors (Lipinski definition) is 1. The van der Waals surface area contributed by atoms with Crippen molar-refractivity contribution in [3.63, 3.8) is 0 Å². The molecule has 3 aromatic heterocycles. The van der Waals surface area contributed by atoms with Crippen LogP contribution in [-0.4, -0.2) is 22.2 Å². The second kappa shape index (κ2) is 5.98. The summed E-state index contributed by atoms with van der Waals surface area (Å²) in [5, 5.41) is 4.97. The molecule has 0 spiro atoms. The third kappa shape index (κ3) is 2.54. The number of nitrogens with one attached hydrogen (secondary N) is 1. The molecule has 4 rings (SSSR count). The fourth-order valence-corrected chi connectivity index (χ4v) is 3.31. The Kier molecular flexibility index (Phi) is 3.76. The van der Waals surface area contributed by atoms with Crippen LogP contribution >= 0.6 is 0 Å². The molecule has 6 heteroatoms. The Hall–Kier alpha value is -3.15. The van der Waals surface area contributed by atoms with E-state index >= 15 is 0 Å². The van der Waals surface area contributed by atoms with Gasteiger partial charge >= 0.3 is 0 Å². The number of rotatable bonds is 3. The number of ether oxygens (including phenoxy) is 1. The molecule has 4 aromatic rings. The van der Waals surface area contributed by atoms with Gasteiger partial charge in [-0.25, -0.2) is 9.37 Å². The van der Waals surface area contributed by atoms with Crippen molar-refractivity contribution in [2.45, 2.75) is 20.8 Å². The lowest BCUT2D eigenvalue weighted by molar-refractivity contribution is 0.393. The van der Waals surface area contributed by atoms with Crippen molar-refractivity contribution >= 4 is 10.9 Å². The summed E-state index contributed by atoms with van der Waals surface area (Å²) >= 11 is 0. The number of hydrogen-bond acceptors (Lipinski definition) is 4. The largest absolute Gasteiger partial charge is 0.496 e. The summed E-state index contributed by atoms with van der Waals surface area (Å²) in [6.45, 7) is 5.73. The molecule has 0 aliphatic rings. The molecule has 0 saturated carbocycles. The van der Waals surface area contributed by atoms with Crippen LogP contribution in [0.15, 0.2) is 34.9 Å². The topological polar surface area (TPSA) is 63.9 Å². The zero-order valence-corrected chi connectivity index (χ0v) is 15.0. The molecule has 0 unspecified atom stereocenters. The summed E-state index contributed by atoms with van der Waals surface area (Å²) in [6.07, 6.45) is 0. The standard InChI is InChI=1S/C20H18FN3O2/c1-10-7-15-16(22-10)9-17(19-11(2)24-26-12(19)3)23-20(15)14-6-5-13(21)8-18(14)25-4/h5-9,22H,1-4H3. The molecule has 0 atom stereocenters. The van der Waals surface area contributed by atoms with Crippen LogP contribution in [0.3, 0.4) is 0 Å². The summed E-state index contributed by atoms with van der Waals surface area (Å²) in [5.74, 6) is 0.789. The number of aromatic amines is 1. The number of halogens is 1. The average molecular weight is 351 g/mol. The van der Waals surface area contributed by atoms with Gasteiger partial charge in [-0.3, -0.25) is 0 Å². The first-order valence-corrected chi connectivity index (χ1v) is 8.25. The van der Waals surface area contributed by atoms with Crippen molar-refractivity contribution in [1.82, 2.24) is 15.1 Å². The van der Waals surface area contributed by atoms with Crippen molar-refractivity contribution in [2.24, 2.45) is 0 Å². The van der Waals surface area contributed by atoms with Gasteiger partial charge in [0, 0.05) is 28.2 Å². The first kappa shape index (κ1) is 16.3. The number of aromatic nitrogens is 3. The Bertz CT molecular complexity index is 1110. The number of fused-ring (bicyclic) bond motifs is 1. The van der Waals surface area contributed by atoms with Crippen LogP contribution in [0, 0.1) is 26.6 Å². The maximum atomic E-state index is 13.6. The molecular weight excluding hydrogens is 333 g/mol. The Morgan fingerprint density at radius 2 is 1.92 bits per heavy atom. The highest BCUT2D eigenvalue weighted by Gasteiger charge is 2.19. The first-order valence-electron chi connectivity index (χ1n) is 8.25. The fraction of sp³-hybridized carbons (Fsp3) is 0.200. The van der Waals surface area contributed by atoms with Crippen LogP contribution in [0.2, 0.25) is 0 Å². The fourth-order valence-electron chi connectivity index (χ4n) is 3.31. The lowest BCUT2D eigenvalue weighted by atomic mass is 10.0. The Balaban J connectivity index is 2.06. The molecular formula is C20H18FN3O2. The van der Waals surface area contributed by atoms with Crippen molar-refractivity contribution < 1.29 is 13.7 Å². The van der Waals surface area contributed by atoms with Gasteiger partial charge in [0.05, 0.1) is 29.8 Å². The molecule has 1 N–H and O–H groups in total. The van der Waals surface area contributed by atoms with Crippen molar-refractivity contribution in [1.29, 1.82) is 0 Å². The molecule has 1 aromatic carbocycles. The van der Waals surface area contributed by atoms with E-state index < -0.39 is 0 Å². The molecule has 0 radical (unpaired) electrons. The minimum absolute atomic E-state index is 0.353. The van der Waals surface area contributed by atoms with Crippen LogP contribution in [0.25, 0.3) is 33.4 Å². The van der Waals surface area contributed by atoms with E-state index in [1.807, 2.05) is 32.9 Å². The number of benzene rings is 1. The Labute approximate surface area is 149 Å². The number of nitrogens with zero attached hydrogens (tertiary/aromatic N) is 2. The normalized spacial score (nSPS) is 11.3. The molecule has 0 aliphatic carbocycles. The molecule has 0 bridgehead atoms. The quantitative estimate of drug-likeness (QED) is 0.567. The maximum Gasteiger partial charge on any atom is 0.143 e. The average Bonchev–Trinajstić information content (AvgIpc) is 3.15. The second-order valence-corrected chi connectivity index (χ2v) is 6.31. The second-order valence-electron chi connectivity index (χ2n) is 6.31. The summed E-state index contributed by atoms with van der Waals surface area (Å²) in [7, 11) is 1.52. The van der Waals surface area contributed by atoms with Crippen molar-refractivity contribution in [3.05, 3.63) is 53.3 Å². The summed E-state index contributed by atoms with van der Waals surface area (Å²) in [6, 6.07) is 8.47. The molecule has 0 amide bonds. The summed E-state index contributed by atoms with van der Waals surface area (Å²) in [4.78, 5) is 8.22. The maximum absolute atomic E-state index is 13.6. The van der Waals surface area contributed by atoms with Gasteiger partial charge in [0.2, 0.25) is 0 Å². The van der Waals surface area contributed by atoms with Gasteiger partial charge in [-0.15, -0.1) is 0 Å². The van der Waals surface area contributed by atoms with Gasteiger partial charge in [0.1, 0.15) is 17.3 Å². The number of methoxy groups -OCH3 is 1. The lowest BCUT2D eigenvalue weighted by Crippen LogP contribution is -1.95. The molecule has 132 valence electrons. The highest BCUT2D eigenvalue weighted by atomic mass is 19.1. The molecule has 0 fully saturated rings. The monoisotopic (exact) mass is 351 g/mol. The summed E-state index contributed by atoms with van der Waals surface area (Å²) in [5.41, 5.74) is 5.78. The van der Waals surface area contributed by atoms with Crippen LogP contribution in [0.1, 0.15) is 17.1 Å². The van der Waals surface area contributed by atoms with E-state index in [4.69, 9.17) is 14.2 Å². The van der Waals surface area contributed by atoms with Gasteiger partial charge in [-0.05, 0) is 45.0 Å². The third-order valence-electron chi connectivity index (χ3n) is 4.46. The van der Waals surface area contributed by atoms with E-state index in [1.165, 1.54) is 19.2 Å². The van der Waals surface area contributed by atoms with Crippen molar-refractivity contribution in [2.75, 3.05) is 7.11 Å². The van der Waals surface area contributed by atoms with Gasteiger partial charge < -0.3 is 14.2 Å². The van der Waals surface area contributed by atoms with Gasteiger partial charge in [0.25, 0.3) is 0 Å². The van der Waals surface area contributed by atoms with Crippen molar-refractivity contribution in [3.8, 4) is 28.3 Å². The highest BCUT2D eigenvalue weighted by molar-refractivity contribution is 5.97. The minimum Gasteiger partial charge on any atom is -0.496 e. The van der Waals surface area contributed by atoms with E-state index in [0.717, 1.165) is 44.8 Å². The molecule has 26 heavy (non-hydrogen) atoms. The Morgan fingerprint density at radius 1 is 1.12 bits per heavy atom. The first-order chi connectivity index (χ1) is 12.5. The van der Waals surface area contributed by atoms with E-state index in [2.05, 4.69) is 10.1 Å². The Morgan fingerprint density at radius 3 is 2.62 bits per heavy atom. The predicted molar refractivity (Wildman–Crippen MR) is 97.7 cm³/mol. The van der Waals surface area contributed by atoms with Crippen LogP contribution in [0.5, 0.6) is 5.75 Å². The van der Waals surface area contributed by atoms with Crippen LogP contribution < -0.4 is 4.74 Å². The van der Waals surface area contributed by atoms with E-state index in [-0.39, 0.29) is 5.82 Å². The third-order valence-corrected chi connectivity index (χ3v) is 4.46. The van der Waals surface area contributed by atoms with E-state index in [9.17, 15) is 4.39 Å². The molecule has 5 nitrogen and oxygen atoms in total. The smallest absolute Gasteiger partial charge is 0.143 e. The minimum atomic E-state index is -0.353. The van der Waals surface area contributed by atoms with Gasteiger partial charge in [-0.2, -0.15) is 0 Å². The zero-order chi connectivity index (χ0) is 18.4. The SMILES string of the molecule is COc1cc(F)ccc1-c1nc(-c2c(C)noc2C)cc2[nH]c(C)cc12. The number of pyridine rings is 1. The van der Waals surface area contributed by atoms with E-state index in [0.29, 0.717) is 11.5 Å². The summed E-state index contributed by atoms with van der Waals surface area (Å²) < 4.78 is 24.3. The predicted octanol–water partition coefficient (Wildman–Crippen LogP) is 4.96. The lowest BCUT2D eigenvalue weighted by Gasteiger charge is -2.11. The molecule has 3 heterocycles. The number of H-pyrrole nitrogens is 1. The van der Waals surface area contributed by atoms with Gasteiger partial charge in [0.15, 0.2) is 0 Å². The molecule has 0 saturated heterocycles. The van der Waals surface area contributed by atoms with Crippen LogP contribution in [-0.2, 0) is 0 Å². The van der Waals surface area contributed by atoms with E-state index in [1.54, 1.807) is 6.07 Å². The molecule has 0 aliphatic heterocycles. The number of aryl methyl sites for hydroxylation is 3. The highest BCUT2D eigenvalue weighted by Crippen LogP contribution is 2.37.